The number of benzene rings is 2. The molecule has 2 aromatic carbocycles. The molecule has 4 aromatic rings. The number of rotatable bonds is 9. The van der Waals surface area contributed by atoms with Crippen LogP contribution in [0.4, 0.5) is 11.5 Å². The minimum absolute atomic E-state index is 0.0526. The Hall–Kier alpha value is -4.34. The zero-order chi connectivity index (χ0) is 24.1. The summed E-state index contributed by atoms with van der Waals surface area (Å²) in [6.07, 6.45) is 5.57. The Labute approximate surface area is 195 Å². The molecule has 0 aliphatic carbocycles. The van der Waals surface area contributed by atoms with Crippen LogP contribution >= 0.6 is 0 Å². The van der Waals surface area contributed by atoms with E-state index in [1.54, 1.807) is 12.1 Å². The minimum atomic E-state index is -0.475. The zero-order valence-corrected chi connectivity index (χ0v) is 18.8. The lowest BCUT2D eigenvalue weighted by molar-refractivity contribution is -0.384. The number of non-ortho nitro benzene ring substituents is 1. The van der Waals surface area contributed by atoms with Crippen LogP contribution in [0.3, 0.4) is 0 Å². The topological polar surface area (TPSA) is 141 Å². The smallest absolute Gasteiger partial charge is 0.270 e. The molecule has 3 N–H and O–H groups in total. The van der Waals surface area contributed by atoms with Crippen LogP contribution in [-0.2, 0) is 0 Å². The number of nitro benzene ring substituents is 1. The van der Waals surface area contributed by atoms with Crippen molar-refractivity contribution >= 4 is 45.8 Å². The number of nitrogens with one attached hydrogen (secondary N) is 1. The molecule has 0 bridgehead atoms. The summed E-state index contributed by atoms with van der Waals surface area (Å²) in [6, 6.07) is 13.4. The highest BCUT2D eigenvalue weighted by molar-refractivity contribution is 6.10. The molecule has 2 heterocycles. The van der Waals surface area contributed by atoms with Crippen molar-refractivity contribution in [3.63, 3.8) is 0 Å². The number of hydrogen-bond acceptors (Lipinski definition) is 7. The first kappa shape index (κ1) is 22.8. The van der Waals surface area contributed by atoms with Gasteiger partial charge in [0, 0.05) is 24.2 Å². The summed E-state index contributed by atoms with van der Waals surface area (Å²) >= 11 is 0. The maximum Gasteiger partial charge on any atom is 0.270 e. The molecule has 4 rings (SSSR count). The Morgan fingerprint density at radius 2 is 1.91 bits per heavy atom. The van der Waals surface area contributed by atoms with Gasteiger partial charge in [0.15, 0.2) is 5.65 Å². The number of anilines is 1. The van der Waals surface area contributed by atoms with Crippen LogP contribution in [0.25, 0.3) is 22.2 Å². The summed E-state index contributed by atoms with van der Waals surface area (Å²) in [6.45, 7) is 2.66. The molecule has 10 heteroatoms. The second kappa shape index (κ2) is 10.1. The van der Waals surface area contributed by atoms with Crippen molar-refractivity contribution < 1.29 is 9.72 Å². The summed E-state index contributed by atoms with van der Waals surface area (Å²) in [5.41, 5.74) is 8.97. The molecule has 0 radical (unpaired) electrons. The first-order chi connectivity index (χ1) is 16.5. The van der Waals surface area contributed by atoms with Crippen molar-refractivity contribution in [1.29, 1.82) is 0 Å². The van der Waals surface area contributed by atoms with E-state index >= 15 is 0 Å². The number of carbonyl (C=O) groups is 1. The summed E-state index contributed by atoms with van der Waals surface area (Å²) < 4.78 is 1.35. The van der Waals surface area contributed by atoms with E-state index in [2.05, 4.69) is 27.3 Å². The van der Waals surface area contributed by atoms with E-state index in [0.29, 0.717) is 34.3 Å². The van der Waals surface area contributed by atoms with Gasteiger partial charge in [0.1, 0.15) is 16.9 Å². The molecule has 2 aromatic heterocycles. The number of amides is 1. The van der Waals surface area contributed by atoms with Gasteiger partial charge in [0.2, 0.25) is 0 Å². The first-order valence-corrected chi connectivity index (χ1v) is 11.1. The van der Waals surface area contributed by atoms with Crippen LogP contribution in [0.5, 0.6) is 0 Å². The first-order valence-electron chi connectivity index (χ1n) is 11.1. The number of nitrogens with two attached hydrogens (primary N) is 1. The lowest BCUT2D eigenvalue weighted by Gasteiger charge is -2.05. The second-order valence-corrected chi connectivity index (χ2v) is 7.87. The van der Waals surface area contributed by atoms with E-state index < -0.39 is 4.92 Å². The molecule has 10 nitrogen and oxygen atoms in total. The van der Waals surface area contributed by atoms with Gasteiger partial charge in [0.25, 0.3) is 11.6 Å². The number of nitrogen functional groups attached to an aromatic ring is 1. The maximum atomic E-state index is 13.1. The number of fused-ring (bicyclic) bond motifs is 2. The van der Waals surface area contributed by atoms with Crippen LogP contribution in [0.15, 0.2) is 53.6 Å². The lowest BCUT2D eigenvalue weighted by Crippen LogP contribution is -2.25. The van der Waals surface area contributed by atoms with Crippen molar-refractivity contribution in [1.82, 2.24) is 20.0 Å². The summed E-state index contributed by atoms with van der Waals surface area (Å²) in [5.74, 6) is -0.245. The fourth-order valence-corrected chi connectivity index (χ4v) is 3.67. The number of nitro groups is 1. The molecule has 34 heavy (non-hydrogen) atoms. The molecule has 0 saturated carbocycles. The molecule has 0 fully saturated rings. The Bertz CT molecular complexity index is 1390. The highest BCUT2D eigenvalue weighted by Crippen LogP contribution is 2.28. The Morgan fingerprint density at radius 1 is 1.15 bits per heavy atom. The van der Waals surface area contributed by atoms with E-state index in [9.17, 15) is 14.9 Å². The normalized spacial score (nSPS) is 11.4. The van der Waals surface area contributed by atoms with Crippen LogP contribution in [0.1, 0.15) is 48.5 Å². The van der Waals surface area contributed by atoms with Gasteiger partial charge in [-0.05, 0) is 18.6 Å². The third-order valence-electron chi connectivity index (χ3n) is 5.42. The Kier molecular flexibility index (Phi) is 6.77. The summed E-state index contributed by atoms with van der Waals surface area (Å²) in [7, 11) is 0. The van der Waals surface area contributed by atoms with E-state index in [1.165, 1.54) is 23.0 Å². The van der Waals surface area contributed by atoms with Gasteiger partial charge in [-0.15, -0.1) is 0 Å². The largest absolute Gasteiger partial charge is 0.383 e. The number of para-hydroxylation sites is 2. The van der Waals surface area contributed by atoms with Gasteiger partial charge in [0.05, 0.1) is 22.2 Å². The third-order valence-corrected chi connectivity index (χ3v) is 5.42. The van der Waals surface area contributed by atoms with Gasteiger partial charge in [-0.25, -0.2) is 9.97 Å². The average molecular weight is 460 g/mol. The number of nitrogens with zero attached hydrogens (tertiary/aromatic N) is 5. The van der Waals surface area contributed by atoms with E-state index in [4.69, 9.17) is 5.73 Å². The van der Waals surface area contributed by atoms with Gasteiger partial charge >= 0.3 is 0 Å². The van der Waals surface area contributed by atoms with Crippen LogP contribution < -0.4 is 11.1 Å². The third kappa shape index (κ3) is 4.70. The van der Waals surface area contributed by atoms with Gasteiger partial charge in [-0.3, -0.25) is 14.9 Å². The molecule has 0 aliphatic rings. The molecule has 1 amide bonds. The average Bonchev–Trinajstić information content (AvgIpc) is 3.11. The predicted molar refractivity (Wildman–Crippen MR) is 132 cm³/mol. The quantitative estimate of drug-likeness (QED) is 0.166. The van der Waals surface area contributed by atoms with Crippen LogP contribution in [0.2, 0.25) is 0 Å². The van der Waals surface area contributed by atoms with E-state index in [-0.39, 0.29) is 23.0 Å². The number of carbonyl (C=O) groups excluding carboxylic acids is 1. The van der Waals surface area contributed by atoms with Gasteiger partial charge < -0.3 is 11.1 Å². The lowest BCUT2D eigenvalue weighted by atomic mass is 10.2. The van der Waals surface area contributed by atoms with Crippen LogP contribution in [-0.4, -0.2) is 38.2 Å². The van der Waals surface area contributed by atoms with Crippen LogP contribution in [0, 0.1) is 10.1 Å². The fraction of sp³-hybridized carbons (Fsp3) is 0.250. The summed E-state index contributed by atoms with van der Waals surface area (Å²) in [4.78, 5) is 32.9. The number of hydrogen-bond donors (Lipinski definition) is 2. The fourth-order valence-electron chi connectivity index (χ4n) is 3.67. The van der Waals surface area contributed by atoms with Crippen molar-refractivity contribution in [3.05, 3.63) is 69.8 Å². The van der Waals surface area contributed by atoms with Crippen molar-refractivity contribution in [2.75, 3.05) is 12.3 Å². The Balaban J connectivity index is 1.76. The molecule has 174 valence electrons. The predicted octanol–water partition coefficient (Wildman–Crippen LogP) is 4.27. The molecule has 0 saturated heterocycles. The number of unbranched alkanes of at least 4 members (excludes halogenated alkanes) is 3. The highest BCUT2D eigenvalue weighted by Gasteiger charge is 2.23. The molecule has 0 aliphatic heterocycles. The summed E-state index contributed by atoms with van der Waals surface area (Å²) in [5, 5.41) is 18.4. The van der Waals surface area contributed by atoms with Crippen molar-refractivity contribution in [2.24, 2.45) is 5.10 Å². The molecule has 0 unspecified atom stereocenters. The molecule has 0 spiro atoms. The monoisotopic (exact) mass is 459 g/mol. The molecule has 0 atom stereocenters. The highest BCUT2D eigenvalue weighted by atomic mass is 16.6. The van der Waals surface area contributed by atoms with Crippen molar-refractivity contribution in [3.8, 4) is 0 Å². The molecular weight excluding hydrogens is 434 g/mol. The SMILES string of the molecule is CCCCCCNC(=O)c1c(N)n(N=Cc2cccc([N+](=O)[O-])c2)c2nc3ccccc3nc12. The zero-order valence-electron chi connectivity index (χ0n) is 18.8. The van der Waals surface area contributed by atoms with Gasteiger partial charge in [-0.2, -0.15) is 9.78 Å². The maximum absolute atomic E-state index is 13.1. The van der Waals surface area contributed by atoms with Crippen molar-refractivity contribution in [2.45, 2.75) is 32.6 Å². The van der Waals surface area contributed by atoms with Gasteiger partial charge in [-0.1, -0.05) is 50.5 Å². The minimum Gasteiger partial charge on any atom is -0.383 e. The second-order valence-electron chi connectivity index (χ2n) is 7.87. The van der Waals surface area contributed by atoms with E-state index in [0.717, 1.165) is 25.7 Å². The molecular formula is C24H25N7O3. The van der Waals surface area contributed by atoms with E-state index in [1.807, 2.05) is 24.3 Å². The standard InChI is InChI=1S/C24H25N7O3/c1-2-3-4-7-13-26-24(32)20-21-23(29-19-12-6-5-11-18(19)28-21)30(22(20)25)27-15-16-9-8-10-17(14-16)31(33)34/h5-6,8-12,14-15H,2-4,7,13,25H2,1H3,(H,26,32). The number of aromatic nitrogens is 3. The Morgan fingerprint density at radius 3 is 2.65 bits per heavy atom.